The van der Waals surface area contributed by atoms with Gasteiger partial charge in [0.05, 0.1) is 24.5 Å². The molecule has 21 heavy (non-hydrogen) atoms. The molecule has 110 valence electrons. The summed E-state index contributed by atoms with van der Waals surface area (Å²) in [7, 11) is 0. The topological polar surface area (TPSA) is 64.4 Å². The molecule has 3 rings (SSSR count). The number of aromatic nitrogens is 2. The third-order valence-electron chi connectivity index (χ3n) is 3.74. The van der Waals surface area contributed by atoms with E-state index in [1.54, 1.807) is 18.5 Å². The minimum Gasteiger partial charge on any atom is -0.493 e. The zero-order valence-electron chi connectivity index (χ0n) is 11.8. The molecule has 1 aromatic heterocycles. The summed E-state index contributed by atoms with van der Waals surface area (Å²) in [5.74, 6) is -0.0328. The van der Waals surface area contributed by atoms with Gasteiger partial charge in [0, 0.05) is 16.5 Å². The first kappa shape index (κ1) is 14.1. The van der Waals surface area contributed by atoms with Crippen molar-refractivity contribution in [2.24, 2.45) is 0 Å². The quantitative estimate of drug-likeness (QED) is 0.924. The Morgan fingerprint density at radius 3 is 2.90 bits per heavy atom. The number of fused-ring (bicyclic) bond motifs is 1. The molecule has 0 saturated carbocycles. The molecule has 0 amide bonds. The Bertz CT molecular complexity index is 737. The van der Waals surface area contributed by atoms with E-state index in [0.717, 1.165) is 22.2 Å². The van der Waals surface area contributed by atoms with Crippen LogP contribution in [0.25, 0.3) is 0 Å². The highest BCUT2D eigenvalue weighted by molar-refractivity contribution is 9.10. The van der Waals surface area contributed by atoms with Crippen LogP contribution in [-0.2, 0) is 13.0 Å². The number of rotatable bonds is 3. The fraction of sp³-hybridized carbons (Fsp3) is 0.333. The van der Waals surface area contributed by atoms with Crippen molar-refractivity contribution in [2.45, 2.75) is 26.8 Å². The molecule has 0 aliphatic carbocycles. The maximum atomic E-state index is 11.3. The molecule has 0 fully saturated rings. The molecule has 2 heterocycles. The Labute approximate surface area is 130 Å². The molecule has 0 bridgehead atoms. The lowest BCUT2D eigenvalue weighted by atomic mass is 10.1. The highest BCUT2D eigenvalue weighted by Crippen LogP contribution is 2.33. The molecule has 1 aliphatic rings. The predicted octanol–water partition coefficient (Wildman–Crippen LogP) is 2.94. The molecule has 0 atom stereocenters. The highest BCUT2D eigenvalue weighted by Gasteiger charge is 2.21. The summed E-state index contributed by atoms with van der Waals surface area (Å²) >= 11 is 3.51. The first-order valence-electron chi connectivity index (χ1n) is 6.68. The van der Waals surface area contributed by atoms with E-state index < -0.39 is 5.97 Å². The van der Waals surface area contributed by atoms with Gasteiger partial charge in [-0.15, -0.1) is 0 Å². The molecule has 0 saturated heterocycles. The van der Waals surface area contributed by atoms with Crippen molar-refractivity contribution in [3.63, 3.8) is 0 Å². The summed E-state index contributed by atoms with van der Waals surface area (Å²) < 4.78 is 8.43. The van der Waals surface area contributed by atoms with Gasteiger partial charge in [-0.05, 0) is 31.5 Å². The van der Waals surface area contributed by atoms with Gasteiger partial charge in [-0.25, -0.2) is 4.79 Å². The molecular weight excluding hydrogens is 336 g/mol. The highest BCUT2D eigenvalue weighted by atomic mass is 79.9. The zero-order chi connectivity index (χ0) is 15.1. The molecular formula is C15H15BrN2O3. The van der Waals surface area contributed by atoms with E-state index in [0.29, 0.717) is 24.5 Å². The summed E-state index contributed by atoms with van der Waals surface area (Å²) in [6.45, 7) is 4.69. The third-order valence-corrected chi connectivity index (χ3v) is 4.20. The van der Waals surface area contributed by atoms with Crippen LogP contribution in [-0.4, -0.2) is 27.5 Å². The van der Waals surface area contributed by atoms with Crippen molar-refractivity contribution >= 4 is 21.9 Å². The Balaban J connectivity index is 2.02. The standard InChI is InChI=1S/C15H15BrN2O3/c1-8-13(15(19)20)9(2)18(17-8)7-11-6-12(16)5-10-3-4-21-14(10)11/h5-6H,3-4,7H2,1-2H3,(H,19,20). The molecule has 5 nitrogen and oxygen atoms in total. The van der Waals surface area contributed by atoms with E-state index in [9.17, 15) is 9.90 Å². The van der Waals surface area contributed by atoms with Gasteiger partial charge in [-0.3, -0.25) is 4.68 Å². The number of ether oxygens (including phenoxy) is 1. The van der Waals surface area contributed by atoms with Gasteiger partial charge in [0.15, 0.2) is 0 Å². The van der Waals surface area contributed by atoms with Crippen molar-refractivity contribution in [2.75, 3.05) is 6.61 Å². The van der Waals surface area contributed by atoms with Gasteiger partial charge in [0.25, 0.3) is 0 Å². The van der Waals surface area contributed by atoms with Gasteiger partial charge in [-0.2, -0.15) is 5.10 Å². The van der Waals surface area contributed by atoms with Gasteiger partial charge in [-0.1, -0.05) is 15.9 Å². The van der Waals surface area contributed by atoms with Gasteiger partial charge >= 0.3 is 5.97 Å². The van der Waals surface area contributed by atoms with Gasteiger partial charge in [0.2, 0.25) is 0 Å². The number of aromatic carboxylic acids is 1. The van der Waals surface area contributed by atoms with E-state index in [1.807, 2.05) is 6.07 Å². The second kappa shape index (κ2) is 5.18. The number of hydrogen-bond acceptors (Lipinski definition) is 3. The minimum absolute atomic E-state index is 0.280. The van der Waals surface area contributed by atoms with Crippen LogP contribution in [0.15, 0.2) is 16.6 Å². The third kappa shape index (κ3) is 2.44. The molecule has 2 aromatic rings. The largest absolute Gasteiger partial charge is 0.493 e. The van der Waals surface area contributed by atoms with Crippen LogP contribution < -0.4 is 4.74 Å². The number of carbonyl (C=O) groups is 1. The van der Waals surface area contributed by atoms with Crippen LogP contribution in [0.3, 0.4) is 0 Å². The van der Waals surface area contributed by atoms with E-state index >= 15 is 0 Å². The van der Waals surface area contributed by atoms with Crippen LogP contribution in [0.1, 0.15) is 32.9 Å². The monoisotopic (exact) mass is 350 g/mol. The Morgan fingerprint density at radius 1 is 1.48 bits per heavy atom. The summed E-state index contributed by atoms with van der Waals surface area (Å²) in [6, 6.07) is 4.07. The number of halogens is 1. The fourth-order valence-corrected chi connectivity index (χ4v) is 3.34. The van der Waals surface area contributed by atoms with Crippen LogP contribution in [0.2, 0.25) is 0 Å². The lowest BCUT2D eigenvalue weighted by Gasteiger charge is -2.10. The first-order valence-corrected chi connectivity index (χ1v) is 7.48. The Kier molecular flexibility index (Phi) is 3.49. The maximum Gasteiger partial charge on any atom is 0.339 e. The lowest BCUT2D eigenvalue weighted by Crippen LogP contribution is -2.07. The minimum atomic E-state index is -0.938. The molecule has 1 aliphatic heterocycles. The maximum absolute atomic E-state index is 11.3. The smallest absolute Gasteiger partial charge is 0.339 e. The van der Waals surface area contributed by atoms with Crippen LogP contribution in [0, 0.1) is 13.8 Å². The Hall–Kier alpha value is -1.82. The molecule has 1 aromatic carbocycles. The van der Waals surface area contributed by atoms with Crippen molar-refractivity contribution in [1.82, 2.24) is 9.78 Å². The van der Waals surface area contributed by atoms with Crippen LogP contribution >= 0.6 is 15.9 Å². The van der Waals surface area contributed by atoms with Crippen molar-refractivity contribution < 1.29 is 14.6 Å². The van der Waals surface area contributed by atoms with E-state index in [4.69, 9.17) is 4.74 Å². The lowest BCUT2D eigenvalue weighted by molar-refractivity contribution is 0.0695. The first-order chi connectivity index (χ1) is 9.97. The van der Waals surface area contributed by atoms with Gasteiger partial charge in [0.1, 0.15) is 11.3 Å². The van der Waals surface area contributed by atoms with Crippen LogP contribution in [0.4, 0.5) is 0 Å². The number of carboxylic acid groups (broad SMARTS) is 1. The van der Waals surface area contributed by atoms with Crippen molar-refractivity contribution in [3.8, 4) is 5.75 Å². The summed E-state index contributed by atoms with van der Waals surface area (Å²) in [5, 5.41) is 13.6. The SMILES string of the molecule is Cc1nn(Cc2cc(Br)cc3c2OCC3)c(C)c1C(=O)O. The average molecular weight is 351 g/mol. The molecule has 0 radical (unpaired) electrons. The van der Waals surface area contributed by atoms with E-state index in [-0.39, 0.29) is 5.56 Å². The Morgan fingerprint density at radius 2 is 2.24 bits per heavy atom. The summed E-state index contributed by atoms with van der Waals surface area (Å²) in [4.78, 5) is 11.3. The fourth-order valence-electron chi connectivity index (χ4n) is 2.79. The van der Waals surface area contributed by atoms with Crippen LogP contribution in [0.5, 0.6) is 5.75 Å². The number of aryl methyl sites for hydroxylation is 1. The number of hydrogen-bond donors (Lipinski definition) is 1. The number of benzene rings is 1. The van der Waals surface area contributed by atoms with E-state index in [1.165, 1.54) is 5.56 Å². The second-order valence-corrected chi connectivity index (χ2v) is 6.08. The zero-order valence-corrected chi connectivity index (χ0v) is 13.4. The molecule has 1 N–H and O–H groups in total. The van der Waals surface area contributed by atoms with E-state index in [2.05, 4.69) is 27.1 Å². The predicted molar refractivity (Wildman–Crippen MR) is 81.1 cm³/mol. The average Bonchev–Trinajstić information content (AvgIpc) is 2.94. The summed E-state index contributed by atoms with van der Waals surface area (Å²) in [6.07, 6.45) is 0.902. The number of carboxylic acids is 1. The normalized spacial score (nSPS) is 13.1. The van der Waals surface area contributed by atoms with Gasteiger partial charge < -0.3 is 9.84 Å². The molecule has 0 spiro atoms. The summed E-state index contributed by atoms with van der Waals surface area (Å²) in [5.41, 5.74) is 3.67. The molecule has 6 heteroatoms. The van der Waals surface area contributed by atoms with Crippen molar-refractivity contribution in [3.05, 3.63) is 44.7 Å². The second-order valence-electron chi connectivity index (χ2n) is 5.16. The molecule has 0 unspecified atom stereocenters. The number of nitrogens with zero attached hydrogens (tertiary/aromatic N) is 2. The van der Waals surface area contributed by atoms with Crippen molar-refractivity contribution in [1.29, 1.82) is 0 Å².